The Kier molecular flexibility index (Phi) is 7.07. The molecule has 0 bridgehead atoms. The van der Waals surface area contributed by atoms with Gasteiger partial charge in [0.1, 0.15) is 6.61 Å². The third-order valence-electron chi connectivity index (χ3n) is 3.17. The third kappa shape index (κ3) is 6.83. The van der Waals surface area contributed by atoms with Crippen LogP contribution in [0.25, 0.3) is 0 Å². The zero-order valence-corrected chi connectivity index (χ0v) is 12.4. The molecule has 1 aliphatic rings. The average molecular weight is 251 g/mol. The van der Waals surface area contributed by atoms with Crippen LogP contribution in [0.2, 0.25) is 0 Å². The van der Waals surface area contributed by atoms with Crippen molar-refractivity contribution in [1.29, 1.82) is 0 Å². The van der Waals surface area contributed by atoms with E-state index < -0.39 is 0 Å². The Morgan fingerprint density at radius 3 is 2.44 bits per heavy atom. The SMILES string of the molecule is CCCCCC/C=C\CCCC1=NC(C)(C)CO1. The number of rotatable bonds is 9. The van der Waals surface area contributed by atoms with E-state index in [4.69, 9.17) is 4.74 Å². The van der Waals surface area contributed by atoms with Crippen LogP contribution in [-0.4, -0.2) is 18.0 Å². The van der Waals surface area contributed by atoms with Gasteiger partial charge < -0.3 is 4.74 Å². The van der Waals surface area contributed by atoms with Crippen molar-refractivity contribution in [1.82, 2.24) is 0 Å². The maximum atomic E-state index is 5.57. The van der Waals surface area contributed by atoms with E-state index in [1.165, 1.54) is 32.1 Å². The van der Waals surface area contributed by atoms with Gasteiger partial charge >= 0.3 is 0 Å². The van der Waals surface area contributed by atoms with Crippen molar-refractivity contribution >= 4 is 5.90 Å². The second-order valence-electron chi connectivity index (χ2n) is 5.82. The van der Waals surface area contributed by atoms with Crippen molar-refractivity contribution in [2.75, 3.05) is 6.61 Å². The normalized spacial score (nSPS) is 18.1. The summed E-state index contributed by atoms with van der Waals surface area (Å²) >= 11 is 0. The molecule has 0 radical (unpaired) electrons. The summed E-state index contributed by atoms with van der Waals surface area (Å²) in [6, 6.07) is 0. The summed E-state index contributed by atoms with van der Waals surface area (Å²) in [6.45, 7) is 7.24. The van der Waals surface area contributed by atoms with E-state index in [1.54, 1.807) is 0 Å². The number of hydrogen-bond donors (Lipinski definition) is 0. The van der Waals surface area contributed by atoms with Gasteiger partial charge in [-0.05, 0) is 39.5 Å². The van der Waals surface area contributed by atoms with Crippen LogP contribution >= 0.6 is 0 Å². The molecule has 0 saturated carbocycles. The molecule has 0 aromatic carbocycles. The van der Waals surface area contributed by atoms with Crippen molar-refractivity contribution in [2.24, 2.45) is 4.99 Å². The minimum Gasteiger partial charge on any atom is -0.478 e. The highest BCUT2D eigenvalue weighted by atomic mass is 16.5. The highest BCUT2D eigenvalue weighted by Crippen LogP contribution is 2.19. The molecule has 0 atom stereocenters. The first-order valence-corrected chi connectivity index (χ1v) is 7.50. The fourth-order valence-electron chi connectivity index (χ4n) is 2.09. The highest BCUT2D eigenvalue weighted by Gasteiger charge is 2.25. The van der Waals surface area contributed by atoms with Gasteiger partial charge in [0.25, 0.3) is 0 Å². The number of ether oxygens (including phenoxy) is 1. The summed E-state index contributed by atoms with van der Waals surface area (Å²) in [4.78, 5) is 4.56. The third-order valence-corrected chi connectivity index (χ3v) is 3.17. The van der Waals surface area contributed by atoms with Gasteiger partial charge in [-0.25, -0.2) is 4.99 Å². The Bertz CT molecular complexity index is 279. The van der Waals surface area contributed by atoms with Crippen LogP contribution in [-0.2, 0) is 4.74 Å². The van der Waals surface area contributed by atoms with Crippen LogP contribution in [0, 0.1) is 0 Å². The molecule has 0 unspecified atom stereocenters. The fourth-order valence-corrected chi connectivity index (χ4v) is 2.09. The molecular weight excluding hydrogens is 222 g/mol. The molecule has 0 N–H and O–H groups in total. The van der Waals surface area contributed by atoms with Crippen molar-refractivity contribution in [3.63, 3.8) is 0 Å². The van der Waals surface area contributed by atoms with Gasteiger partial charge in [0.05, 0.1) is 5.54 Å². The zero-order valence-electron chi connectivity index (χ0n) is 12.4. The minimum absolute atomic E-state index is 0.00441. The number of hydrogen-bond acceptors (Lipinski definition) is 2. The number of nitrogens with zero attached hydrogens (tertiary/aromatic N) is 1. The monoisotopic (exact) mass is 251 g/mol. The molecule has 2 nitrogen and oxygen atoms in total. The molecule has 1 heterocycles. The lowest BCUT2D eigenvalue weighted by Gasteiger charge is -2.07. The van der Waals surface area contributed by atoms with Gasteiger partial charge in [0, 0.05) is 6.42 Å². The number of aliphatic imine (C=N–C) groups is 1. The molecule has 104 valence electrons. The Hall–Kier alpha value is -0.790. The standard InChI is InChI=1S/C16H29NO/c1-4-5-6-7-8-9-10-11-12-13-15-17-16(2,3)14-18-15/h9-10H,4-8,11-14H2,1-3H3/b10-9-. The van der Waals surface area contributed by atoms with Gasteiger partial charge in [0.15, 0.2) is 5.90 Å². The van der Waals surface area contributed by atoms with Crippen LogP contribution < -0.4 is 0 Å². The maximum Gasteiger partial charge on any atom is 0.183 e. The van der Waals surface area contributed by atoms with Crippen molar-refractivity contribution in [2.45, 2.75) is 77.7 Å². The van der Waals surface area contributed by atoms with Gasteiger partial charge in [0.2, 0.25) is 0 Å². The Balaban J connectivity index is 1.97. The van der Waals surface area contributed by atoms with Gasteiger partial charge in [-0.3, -0.25) is 0 Å². The molecule has 2 heteroatoms. The predicted molar refractivity (Wildman–Crippen MR) is 79.2 cm³/mol. The number of allylic oxidation sites excluding steroid dienone is 2. The second-order valence-corrected chi connectivity index (χ2v) is 5.82. The summed E-state index contributed by atoms with van der Waals surface area (Å²) in [5.41, 5.74) is 0.00441. The minimum atomic E-state index is 0.00441. The number of unbranched alkanes of at least 4 members (excludes halogenated alkanes) is 5. The summed E-state index contributed by atoms with van der Waals surface area (Å²) in [5.74, 6) is 0.955. The van der Waals surface area contributed by atoms with Crippen LogP contribution in [0.5, 0.6) is 0 Å². The Labute approximate surface area is 113 Å². The Morgan fingerprint density at radius 2 is 1.83 bits per heavy atom. The first kappa shape index (κ1) is 15.3. The maximum absolute atomic E-state index is 5.57. The van der Waals surface area contributed by atoms with E-state index in [1.807, 2.05) is 0 Å². The molecule has 0 saturated heterocycles. The van der Waals surface area contributed by atoms with Crippen molar-refractivity contribution in [3.8, 4) is 0 Å². The second kappa shape index (κ2) is 8.34. The molecule has 0 aromatic heterocycles. The summed E-state index contributed by atoms with van der Waals surface area (Å²) in [7, 11) is 0. The topological polar surface area (TPSA) is 21.6 Å². The fraction of sp³-hybridized carbons (Fsp3) is 0.812. The van der Waals surface area contributed by atoms with Crippen LogP contribution in [0.3, 0.4) is 0 Å². The summed E-state index contributed by atoms with van der Waals surface area (Å²) in [5, 5.41) is 0. The molecular formula is C16H29NO. The van der Waals surface area contributed by atoms with Crippen LogP contribution in [0.4, 0.5) is 0 Å². The molecule has 1 aliphatic heterocycles. The van der Waals surface area contributed by atoms with E-state index in [0.29, 0.717) is 0 Å². The lowest BCUT2D eigenvalue weighted by molar-refractivity contribution is 0.273. The summed E-state index contributed by atoms with van der Waals surface area (Å²) in [6.07, 6.45) is 14.6. The van der Waals surface area contributed by atoms with E-state index in [-0.39, 0.29) is 5.54 Å². The largest absolute Gasteiger partial charge is 0.478 e. The van der Waals surface area contributed by atoms with E-state index in [0.717, 1.165) is 31.8 Å². The predicted octanol–water partition coefficient (Wildman–Crippen LogP) is 4.89. The molecule has 1 rings (SSSR count). The van der Waals surface area contributed by atoms with E-state index in [9.17, 15) is 0 Å². The molecule has 0 aliphatic carbocycles. The molecule has 0 fully saturated rings. The van der Waals surface area contributed by atoms with E-state index >= 15 is 0 Å². The Morgan fingerprint density at radius 1 is 1.11 bits per heavy atom. The quantitative estimate of drug-likeness (QED) is 0.422. The zero-order chi connectivity index (χ0) is 13.3. The van der Waals surface area contributed by atoms with Crippen molar-refractivity contribution < 1.29 is 4.74 Å². The van der Waals surface area contributed by atoms with Gasteiger partial charge in [-0.15, -0.1) is 0 Å². The average Bonchev–Trinajstić information content (AvgIpc) is 2.67. The first-order valence-electron chi connectivity index (χ1n) is 7.50. The van der Waals surface area contributed by atoms with Gasteiger partial charge in [-0.1, -0.05) is 38.3 Å². The smallest absolute Gasteiger partial charge is 0.183 e. The lowest BCUT2D eigenvalue weighted by Crippen LogP contribution is -2.17. The highest BCUT2D eigenvalue weighted by molar-refractivity contribution is 5.78. The lowest BCUT2D eigenvalue weighted by atomic mass is 10.1. The summed E-state index contributed by atoms with van der Waals surface area (Å²) < 4.78 is 5.57. The molecule has 0 aromatic rings. The van der Waals surface area contributed by atoms with Gasteiger partial charge in [-0.2, -0.15) is 0 Å². The molecule has 0 spiro atoms. The van der Waals surface area contributed by atoms with E-state index in [2.05, 4.69) is 37.9 Å². The van der Waals surface area contributed by atoms with Crippen molar-refractivity contribution in [3.05, 3.63) is 12.2 Å². The molecule has 0 amide bonds. The van der Waals surface area contributed by atoms with Crippen LogP contribution in [0.1, 0.15) is 72.1 Å². The first-order chi connectivity index (χ1) is 8.64. The van der Waals surface area contributed by atoms with Crippen LogP contribution in [0.15, 0.2) is 17.1 Å². The molecule has 18 heavy (non-hydrogen) atoms.